The molecule has 0 unspecified atom stereocenters. The summed E-state index contributed by atoms with van der Waals surface area (Å²) in [5.74, 6) is 0.0774. The van der Waals surface area contributed by atoms with Crippen molar-refractivity contribution in [3.8, 4) is 0 Å². The maximum absolute atomic E-state index is 12.5. The Morgan fingerprint density at radius 2 is 1.17 bits per heavy atom. The van der Waals surface area contributed by atoms with E-state index in [1.807, 2.05) is 13.1 Å². The second kappa shape index (κ2) is 9.79. The lowest BCUT2D eigenvalue weighted by Crippen LogP contribution is -2.50. The maximum Gasteiger partial charge on any atom is 0.259 e. The SMILES string of the molecule is CC(C)(C)[Si](C)(C)OCCN1CCN(CCS(=O)(=O)O[Si](C)(C)C(C)(C)C)CC1. The van der Waals surface area contributed by atoms with Gasteiger partial charge in [-0.15, -0.1) is 0 Å². The Balaban J connectivity index is 2.37. The monoisotopic (exact) mass is 466 g/mol. The topological polar surface area (TPSA) is 59.1 Å². The number of nitrogens with zero attached hydrogens (tertiary/aromatic N) is 2. The van der Waals surface area contributed by atoms with Gasteiger partial charge in [0, 0.05) is 45.9 Å². The van der Waals surface area contributed by atoms with E-state index < -0.39 is 26.8 Å². The van der Waals surface area contributed by atoms with Gasteiger partial charge in [-0.3, -0.25) is 9.80 Å². The highest BCUT2D eigenvalue weighted by molar-refractivity contribution is 7.87. The van der Waals surface area contributed by atoms with Crippen molar-refractivity contribution >= 4 is 26.8 Å². The molecule has 0 saturated carbocycles. The molecular formula is C20H46N2O4SSi2. The van der Waals surface area contributed by atoms with Gasteiger partial charge in [0.2, 0.25) is 8.32 Å². The van der Waals surface area contributed by atoms with Gasteiger partial charge in [-0.2, -0.15) is 0 Å². The molecule has 1 fully saturated rings. The van der Waals surface area contributed by atoms with Crippen molar-refractivity contribution in [1.29, 1.82) is 0 Å². The first-order valence-electron chi connectivity index (χ1n) is 10.9. The zero-order valence-electron chi connectivity index (χ0n) is 20.6. The first-order chi connectivity index (χ1) is 12.9. The van der Waals surface area contributed by atoms with E-state index in [1.165, 1.54) is 0 Å². The van der Waals surface area contributed by atoms with Crippen molar-refractivity contribution in [2.45, 2.75) is 77.8 Å². The zero-order valence-corrected chi connectivity index (χ0v) is 23.4. The Bertz CT molecular complexity index is 617. The second-order valence-electron chi connectivity index (χ2n) is 11.4. The van der Waals surface area contributed by atoms with Crippen molar-refractivity contribution < 1.29 is 16.7 Å². The first-order valence-corrected chi connectivity index (χ1v) is 18.3. The van der Waals surface area contributed by atoms with Crippen LogP contribution in [-0.4, -0.2) is 86.5 Å². The lowest BCUT2D eigenvalue weighted by Gasteiger charge is -2.38. The lowest BCUT2D eigenvalue weighted by molar-refractivity contribution is 0.118. The standard InChI is InChI=1S/C20H46N2O4SSi2/c1-19(2,3)28(7,8)25-17-15-21-11-13-22(14-12-21)16-18-27(23,24)26-29(9,10)20(4,5)6/h11-18H2,1-10H3. The average Bonchev–Trinajstić information content (AvgIpc) is 2.51. The highest BCUT2D eigenvalue weighted by Gasteiger charge is 2.41. The van der Waals surface area contributed by atoms with Crippen LogP contribution in [0.4, 0.5) is 0 Å². The second-order valence-corrected chi connectivity index (χ2v) is 22.9. The molecule has 0 N–H and O–H groups in total. The van der Waals surface area contributed by atoms with Gasteiger partial charge in [-0.05, 0) is 36.3 Å². The van der Waals surface area contributed by atoms with Crippen LogP contribution in [0.1, 0.15) is 41.5 Å². The van der Waals surface area contributed by atoms with Crippen molar-refractivity contribution in [2.75, 3.05) is 51.6 Å². The van der Waals surface area contributed by atoms with E-state index in [0.29, 0.717) is 6.54 Å². The summed E-state index contributed by atoms with van der Waals surface area (Å²) in [6, 6.07) is 0. The van der Waals surface area contributed by atoms with Crippen molar-refractivity contribution in [3.05, 3.63) is 0 Å². The summed E-state index contributed by atoms with van der Waals surface area (Å²) >= 11 is 0. The van der Waals surface area contributed by atoms with E-state index in [-0.39, 0.29) is 15.8 Å². The van der Waals surface area contributed by atoms with Gasteiger partial charge in [0.25, 0.3) is 10.1 Å². The fraction of sp³-hybridized carbons (Fsp3) is 1.00. The van der Waals surface area contributed by atoms with E-state index in [1.54, 1.807) is 0 Å². The molecule has 0 aromatic heterocycles. The van der Waals surface area contributed by atoms with Gasteiger partial charge < -0.3 is 8.30 Å². The van der Waals surface area contributed by atoms with Crippen LogP contribution in [0.15, 0.2) is 0 Å². The molecule has 0 aromatic rings. The number of hydrogen-bond donors (Lipinski definition) is 0. The Hall–Kier alpha value is 0.224. The summed E-state index contributed by atoms with van der Waals surface area (Å²) in [6.07, 6.45) is 0. The molecule has 0 aromatic carbocycles. The van der Waals surface area contributed by atoms with E-state index in [9.17, 15) is 8.42 Å². The molecule has 0 spiro atoms. The summed E-state index contributed by atoms with van der Waals surface area (Å²) in [6.45, 7) is 27.5. The molecule has 1 aliphatic rings. The summed E-state index contributed by atoms with van der Waals surface area (Å²) in [5.41, 5.74) is 0. The highest BCUT2D eigenvalue weighted by Crippen LogP contribution is 2.38. The molecular weight excluding hydrogens is 420 g/mol. The molecule has 0 bridgehead atoms. The van der Waals surface area contributed by atoms with E-state index in [0.717, 1.165) is 39.3 Å². The number of rotatable bonds is 9. The molecule has 0 amide bonds. The Labute approximate surface area is 182 Å². The van der Waals surface area contributed by atoms with Crippen LogP contribution in [0.5, 0.6) is 0 Å². The quantitative estimate of drug-likeness (QED) is 0.479. The zero-order chi connectivity index (χ0) is 22.7. The van der Waals surface area contributed by atoms with Crippen LogP contribution in [-0.2, 0) is 18.4 Å². The molecule has 174 valence electrons. The molecule has 0 aliphatic carbocycles. The molecule has 0 atom stereocenters. The van der Waals surface area contributed by atoms with Crippen molar-refractivity contribution in [2.24, 2.45) is 0 Å². The molecule has 1 aliphatic heterocycles. The Morgan fingerprint density at radius 1 is 0.759 bits per heavy atom. The summed E-state index contributed by atoms with van der Waals surface area (Å²) in [7, 11) is -7.48. The average molecular weight is 467 g/mol. The predicted molar refractivity (Wildman–Crippen MR) is 128 cm³/mol. The van der Waals surface area contributed by atoms with E-state index in [4.69, 9.17) is 8.30 Å². The van der Waals surface area contributed by atoms with Crippen molar-refractivity contribution in [1.82, 2.24) is 9.80 Å². The fourth-order valence-corrected chi connectivity index (χ4v) is 8.00. The lowest BCUT2D eigenvalue weighted by atomic mass is 10.2. The van der Waals surface area contributed by atoms with E-state index >= 15 is 0 Å². The smallest absolute Gasteiger partial charge is 0.259 e. The summed E-state index contributed by atoms with van der Waals surface area (Å²) in [4.78, 5) is 4.65. The molecule has 1 rings (SSSR count). The minimum absolute atomic E-state index is 0.0774. The van der Waals surface area contributed by atoms with Gasteiger partial charge in [0.05, 0.1) is 5.75 Å². The minimum Gasteiger partial charge on any atom is -0.416 e. The van der Waals surface area contributed by atoms with Crippen LogP contribution < -0.4 is 0 Å². The number of hydrogen-bond acceptors (Lipinski definition) is 6. The maximum atomic E-state index is 12.5. The van der Waals surface area contributed by atoms with Crippen LogP contribution in [0.25, 0.3) is 0 Å². The highest BCUT2D eigenvalue weighted by atomic mass is 32.2. The van der Waals surface area contributed by atoms with Gasteiger partial charge in [0.15, 0.2) is 8.32 Å². The Kier molecular flexibility index (Phi) is 9.20. The minimum atomic E-state index is -3.49. The number of piperazine rings is 1. The molecule has 9 heteroatoms. The first kappa shape index (κ1) is 27.3. The third-order valence-electron chi connectivity index (χ3n) is 6.94. The van der Waals surface area contributed by atoms with E-state index in [2.05, 4.69) is 64.4 Å². The normalized spacial score (nSPS) is 19.0. The molecule has 1 heterocycles. The molecule has 1 saturated heterocycles. The van der Waals surface area contributed by atoms with Crippen LogP contribution in [0.2, 0.25) is 36.3 Å². The van der Waals surface area contributed by atoms with Gasteiger partial charge in [-0.1, -0.05) is 41.5 Å². The van der Waals surface area contributed by atoms with Crippen LogP contribution in [0, 0.1) is 0 Å². The fourth-order valence-electron chi connectivity index (χ4n) is 2.61. The summed E-state index contributed by atoms with van der Waals surface area (Å²) in [5, 5.41) is 0.127. The van der Waals surface area contributed by atoms with Crippen LogP contribution >= 0.6 is 0 Å². The van der Waals surface area contributed by atoms with Gasteiger partial charge in [-0.25, -0.2) is 8.42 Å². The Morgan fingerprint density at radius 3 is 1.59 bits per heavy atom. The summed E-state index contributed by atoms with van der Waals surface area (Å²) < 4.78 is 36.9. The molecule has 6 nitrogen and oxygen atoms in total. The predicted octanol–water partition coefficient (Wildman–Crippen LogP) is 3.98. The molecule has 29 heavy (non-hydrogen) atoms. The van der Waals surface area contributed by atoms with Gasteiger partial charge >= 0.3 is 0 Å². The third-order valence-corrected chi connectivity index (χ3v) is 18.5. The molecule has 0 radical (unpaired) electrons. The van der Waals surface area contributed by atoms with Crippen molar-refractivity contribution in [3.63, 3.8) is 0 Å². The van der Waals surface area contributed by atoms with Crippen LogP contribution in [0.3, 0.4) is 0 Å². The van der Waals surface area contributed by atoms with Gasteiger partial charge in [0.1, 0.15) is 0 Å². The third kappa shape index (κ3) is 8.70. The largest absolute Gasteiger partial charge is 0.416 e.